The molecule has 0 aliphatic carbocycles. The quantitative estimate of drug-likeness (QED) is 0.625. The van der Waals surface area contributed by atoms with E-state index in [-0.39, 0.29) is 28.6 Å². The Bertz CT molecular complexity index is 1040. The highest BCUT2D eigenvalue weighted by Gasteiger charge is 2.23. The molecule has 3 aromatic rings. The third-order valence-corrected chi connectivity index (χ3v) is 4.33. The summed E-state index contributed by atoms with van der Waals surface area (Å²) in [4.78, 5) is 25.6. The fourth-order valence-corrected chi connectivity index (χ4v) is 3.05. The van der Waals surface area contributed by atoms with Crippen molar-refractivity contribution >= 4 is 28.8 Å². The second kappa shape index (κ2) is 7.76. The van der Waals surface area contributed by atoms with Gasteiger partial charge in [0.1, 0.15) is 11.4 Å². The summed E-state index contributed by atoms with van der Waals surface area (Å²) in [6.45, 7) is 5.19. The Morgan fingerprint density at radius 3 is 2.41 bits per heavy atom. The van der Waals surface area contributed by atoms with E-state index >= 15 is 0 Å². The maximum atomic E-state index is 13.1. The molecule has 0 spiro atoms. The van der Waals surface area contributed by atoms with Gasteiger partial charge in [0.05, 0.1) is 11.6 Å². The van der Waals surface area contributed by atoms with Gasteiger partial charge in [0.15, 0.2) is 5.78 Å². The van der Waals surface area contributed by atoms with Crippen LogP contribution < -0.4 is 10.9 Å². The van der Waals surface area contributed by atoms with E-state index in [9.17, 15) is 9.59 Å². The van der Waals surface area contributed by atoms with Gasteiger partial charge in [-0.25, -0.2) is 4.68 Å². The van der Waals surface area contributed by atoms with Gasteiger partial charge < -0.3 is 5.32 Å². The third-order valence-electron chi connectivity index (χ3n) is 4.10. The number of nitrogens with one attached hydrogen (secondary N) is 1. The van der Waals surface area contributed by atoms with Crippen molar-refractivity contribution in [1.82, 2.24) is 9.78 Å². The molecule has 0 bridgehead atoms. The molecule has 0 saturated carbocycles. The Morgan fingerprint density at radius 1 is 1.11 bits per heavy atom. The summed E-state index contributed by atoms with van der Waals surface area (Å²) in [5.74, 6) is -0.237. The smallest absolute Gasteiger partial charge is 0.291 e. The molecule has 5 nitrogen and oxygen atoms in total. The van der Waals surface area contributed by atoms with Crippen molar-refractivity contribution in [2.24, 2.45) is 0 Å². The molecule has 0 aliphatic rings. The van der Waals surface area contributed by atoms with Gasteiger partial charge in [-0.2, -0.15) is 5.10 Å². The van der Waals surface area contributed by atoms with E-state index in [0.29, 0.717) is 16.4 Å². The molecule has 0 unspecified atom stereocenters. The number of nitrogens with zero attached hydrogens (tertiary/aromatic N) is 2. The van der Waals surface area contributed by atoms with Crippen molar-refractivity contribution in [3.05, 3.63) is 75.5 Å². The topological polar surface area (TPSA) is 64.0 Å². The van der Waals surface area contributed by atoms with Gasteiger partial charge in [-0.05, 0) is 39.0 Å². The third kappa shape index (κ3) is 3.93. The monoisotopic (exact) mass is 381 g/mol. The number of carbonyl (C=O) groups excluding carboxylic acids is 1. The summed E-state index contributed by atoms with van der Waals surface area (Å²) in [6, 6.07) is 16.2. The average molecular weight is 382 g/mol. The van der Waals surface area contributed by atoms with Gasteiger partial charge >= 0.3 is 0 Å². The zero-order chi connectivity index (χ0) is 19.6. The number of ketones is 1. The van der Waals surface area contributed by atoms with Crippen LogP contribution in [0.25, 0.3) is 11.3 Å². The van der Waals surface area contributed by atoms with Crippen LogP contribution in [0.3, 0.4) is 0 Å². The number of aromatic nitrogens is 2. The number of hydrogen-bond donors (Lipinski definition) is 1. The Balaban J connectivity index is 2.31. The van der Waals surface area contributed by atoms with Crippen LogP contribution in [0.1, 0.15) is 37.2 Å². The second-order valence-corrected chi connectivity index (χ2v) is 6.94. The number of halogens is 1. The van der Waals surface area contributed by atoms with Crippen molar-refractivity contribution in [2.45, 2.75) is 26.8 Å². The Morgan fingerprint density at radius 2 is 1.81 bits per heavy atom. The van der Waals surface area contributed by atoms with Gasteiger partial charge in [-0.3, -0.25) is 9.59 Å². The van der Waals surface area contributed by atoms with Gasteiger partial charge in [0, 0.05) is 16.3 Å². The fourth-order valence-electron chi connectivity index (χ4n) is 2.86. The summed E-state index contributed by atoms with van der Waals surface area (Å²) < 4.78 is 1.39. The summed E-state index contributed by atoms with van der Waals surface area (Å²) >= 11 is 6.06. The lowest BCUT2D eigenvalue weighted by molar-refractivity contribution is 0.101. The number of benzene rings is 2. The molecule has 0 aliphatic heterocycles. The molecule has 0 fully saturated rings. The highest BCUT2D eigenvalue weighted by molar-refractivity contribution is 6.30. The van der Waals surface area contributed by atoms with E-state index in [1.165, 1.54) is 11.6 Å². The van der Waals surface area contributed by atoms with Crippen molar-refractivity contribution in [2.75, 3.05) is 5.32 Å². The highest BCUT2D eigenvalue weighted by atomic mass is 35.5. The number of carbonyl (C=O) groups is 1. The standard InChI is InChI=1S/C21H20ClN3O2/c1-13(2)25-21(27)20(23-17-11-7-10-16(22)12-17)18(14(3)26)19(24-25)15-8-5-4-6-9-15/h4-13,23H,1-3H3. The molecule has 1 N–H and O–H groups in total. The molecule has 0 atom stereocenters. The minimum absolute atomic E-state index is 0.166. The molecule has 0 radical (unpaired) electrons. The van der Waals surface area contributed by atoms with Gasteiger partial charge in [0.2, 0.25) is 0 Å². The van der Waals surface area contributed by atoms with E-state index in [0.717, 1.165) is 5.56 Å². The van der Waals surface area contributed by atoms with Crippen LogP contribution in [0.5, 0.6) is 0 Å². The Labute approximate surface area is 162 Å². The molecule has 2 aromatic carbocycles. The van der Waals surface area contributed by atoms with Crippen LogP contribution in [0.4, 0.5) is 11.4 Å². The van der Waals surface area contributed by atoms with E-state index < -0.39 is 0 Å². The average Bonchev–Trinajstić information content (AvgIpc) is 2.63. The SMILES string of the molecule is CC(=O)c1c(-c2ccccc2)nn(C(C)C)c(=O)c1Nc1cccc(Cl)c1. The van der Waals surface area contributed by atoms with Crippen LogP contribution in [0, 0.1) is 0 Å². The molecule has 3 rings (SSSR count). The van der Waals surface area contributed by atoms with Crippen LogP contribution in [0.15, 0.2) is 59.4 Å². The summed E-state index contributed by atoms with van der Waals surface area (Å²) in [7, 11) is 0. The van der Waals surface area contributed by atoms with Gasteiger partial charge in [-0.15, -0.1) is 0 Å². The van der Waals surface area contributed by atoms with E-state index in [2.05, 4.69) is 10.4 Å². The van der Waals surface area contributed by atoms with Crippen molar-refractivity contribution < 1.29 is 4.79 Å². The van der Waals surface area contributed by atoms with Crippen LogP contribution in [-0.4, -0.2) is 15.6 Å². The number of rotatable bonds is 5. The predicted molar refractivity (Wildman–Crippen MR) is 109 cm³/mol. The first kappa shape index (κ1) is 18.9. The van der Waals surface area contributed by atoms with Crippen molar-refractivity contribution in [3.8, 4) is 11.3 Å². The minimum atomic E-state index is -0.352. The fraction of sp³-hybridized carbons (Fsp3) is 0.190. The zero-order valence-corrected chi connectivity index (χ0v) is 16.1. The van der Waals surface area contributed by atoms with E-state index in [4.69, 9.17) is 11.6 Å². The molecular formula is C21H20ClN3O2. The lowest BCUT2D eigenvalue weighted by Gasteiger charge is -2.18. The van der Waals surface area contributed by atoms with Gasteiger partial charge in [0.25, 0.3) is 5.56 Å². The molecule has 138 valence electrons. The largest absolute Gasteiger partial charge is 0.350 e. The number of Topliss-reactive ketones (excluding diaryl/α,β-unsaturated/α-hetero) is 1. The number of anilines is 2. The molecule has 0 saturated heterocycles. The molecule has 1 aromatic heterocycles. The summed E-state index contributed by atoms with van der Waals surface area (Å²) in [5, 5.41) is 8.12. The first-order valence-corrected chi connectivity index (χ1v) is 9.02. The first-order valence-electron chi connectivity index (χ1n) is 8.64. The maximum absolute atomic E-state index is 13.1. The molecular weight excluding hydrogens is 362 g/mol. The Kier molecular flexibility index (Phi) is 5.42. The number of hydrogen-bond acceptors (Lipinski definition) is 4. The molecule has 0 amide bonds. The molecule has 1 heterocycles. The normalized spacial score (nSPS) is 10.9. The zero-order valence-electron chi connectivity index (χ0n) is 15.4. The molecule has 27 heavy (non-hydrogen) atoms. The second-order valence-electron chi connectivity index (χ2n) is 6.50. The highest BCUT2D eigenvalue weighted by Crippen LogP contribution is 2.28. The summed E-state index contributed by atoms with van der Waals surface area (Å²) in [5.41, 5.74) is 1.99. The van der Waals surface area contributed by atoms with Crippen LogP contribution >= 0.6 is 11.6 Å². The Hall–Kier alpha value is -2.92. The lowest BCUT2D eigenvalue weighted by atomic mass is 10.0. The predicted octanol–water partition coefficient (Wildman–Crippen LogP) is 5.09. The lowest BCUT2D eigenvalue weighted by Crippen LogP contribution is -2.29. The minimum Gasteiger partial charge on any atom is -0.350 e. The van der Waals surface area contributed by atoms with Crippen LogP contribution in [-0.2, 0) is 0 Å². The van der Waals surface area contributed by atoms with Crippen molar-refractivity contribution in [3.63, 3.8) is 0 Å². The van der Waals surface area contributed by atoms with E-state index in [1.807, 2.05) is 44.2 Å². The van der Waals surface area contributed by atoms with Crippen LogP contribution in [0.2, 0.25) is 5.02 Å². The maximum Gasteiger partial charge on any atom is 0.291 e. The van der Waals surface area contributed by atoms with E-state index in [1.54, 1.807) is 24.3 Å². The summed E-state index contributed by atoms with van der Waals surface area (Å²) in [6.07, 6.45) is 0. The molecule has 6 heteroatoms. The first-order chi connectivity index (χ1) is 12.9. The van der Waals surface area contributed by atoms with Crippen molar-refractivity contribution in [1.29, 1.82) is 0 Å². The van der Waals surface area contributed by atoms with Gasteiger partial charge in [-0.1, -0.05) is 48.0 Å².